The van der Waals surface area contributed by atoms with Gasteiger partial charge in [0.2, 0.25) is 0 Å². The third kappa shape index (κ3) is 2.71. The van der Waals surface area contributed by atoms with Gasteiger partial charge in [-0.05, 0) is 12.5 Å². The summed E-state index contributed by atoms with van der Waals surface area (Å²) in [5, 5.41) is 7.95. The summed E-state index contributed by atoms with van der Waals surface area (Å²) in [5.41, 5.74) is 0.170. The Labute approximate surface area is 117 Å². The van der Waals surface area contributed by atoms with Crippen molar-refractivity contribution in [2.24, 2.45) is 0 Å². The van der Waals surface area contributed by atoms with Crippen molar-refractivity contribution in [2.45, 2.75) is 32.7 Å². The molecule has 0 unspecified atom stereocenters. The SMILES string of the molecule is CCCCCn1nc(C(=O)NC)c2ccccc2c1=O. The Hall–Kier alpha value is -2.17. The van der Waals surface area contributed by atoms with Gasteiger partial charge in [0.15, 0.2) is 5.69 Å². The van der Waals surface area contributed by atoms with E-state index in [1.54, 1.807) is 31.3 Å². The molecule has 1 N–H and O–H groups in total. The molecule has 0 aliphatic heterocycles. The number of benzene rings is 1. The summed E-state index contributed by atoms with van der Waals surface area (Å²) < 4.78 is 1.41. The minimum absolute atomic E-state index is 0.135. The van der Waals surface area contributed by atoms with Gasteiger partial charge in [-0.3, -0.25) is 9.59 Å². The van der Waals surface area contributed by atoms with Crippen LogP contribution in [0.1, 0.15) is 36.7 Å². The van der Waals surface area contributed by atoms with Crippen LogP contribution in [0.25, 0.3) is 10.8 Å². The Kier molecular flexibility index (Phi) is 4.50. The average Bonchev–Trinajstić information content (AvgIpc) is 2.49. The standard InChI is InChI=1S/C15H19N3O2/c1-3-4-7-10-18-15(20)12-9-6-5-8-11(12)13(17-18)14(19)16-2/h5-6,8-9H,3-4,7,10H2,1-2H3,(H,16,19). The summed E-state index contributed by atoms with van der Waals surface area (Å²) in [4.78, 5) is 24.3. The summed E-state index contributed by atoms with van der Waals surface area (Å²) in [6.07, 6.45) is 3.00. The van der Waals surface area contributed by atoms with E-state index < -0.39 is 0 Å². The lowest BCUT2D eigenvalue weighted by Crippen LogP contribution is -2.29. The zero-order valence-corrected chi connectivity index (χ0v) is 11.8. The van der Waals surface area contributed by atoms with Crippen LogP contribution in [0.4, 0.5) is 0 Å². The van der Waals surface area contributed by atoms with Gasteiger partial charge in [-0.15, -0.1) is 0 Å². The molecule has 0 spiro atoms. The number of unbranched alkanes of at least 4 members (excludes halogenated alkanes) is 2. The summed E-state index contributed by atoms with van der Waals surface area (Å²) in [6.45, 7) is 2.65. The molecule has 106 valence electrons. The second kappa shape index (κ2) is 6.32. The number of rotatable bonds is 5. The fourth-order valence-corrected chi connectivity index (χ4v) is 2.18. The molecule has 0 radical (unpaired) electrons. The number of nitrogens with zero attached hydrogens (tertiary/aromatic N) is 2. The lowest BCUT2D eigenvalue weighted by Gasteiger charge is -2.09. The number of aromatic nitrogens is 2. The highest BCUT2D eigenvalue weighted by atomic mass is 16.2. The molecule has 0 fully saturated rings. The normalized spacial score (nSPS) is 10.7. The van der Waals surface area contributed by atoms with Crippen LogP contribution in [0.5, 0.6) is 0 Å². The molecule has 1 amide bonds. The maximum Gasteiger partial charge on any atom is 0.274 e. The molecule has 1 aromatic carbocycles. The van der Waals surface area contributed by atoms with Gasteiger partial charge in [0.1, 0.15) is 0 Å². The second-order valence-electron chi connectivity index (χ2n) is 4.71. The lowest BCUT2D eigenvalue weighted by atomic mass is 10.1. The Morgan fingerprint density at radius 1 is 1.25 bits per heavy atom. The van der Waals surface area contributed by atoms with Crippen molar-refractivity contribution in [2.75, 3.05) is 7.05 Å². The van der Waals surface area contributed by atoms with E-state index in [1.807, 2.05) is 0 Å². The van der Waals surface area contributed by atoms with Crippen LogP contribution in [0, 0.1) is 0 Å². The number of carbonyl (C=O) groups excluding carboxylic acids is 1. The Morgan fingerprint density at radius 2 is 1.95 bits per heavy atom. The first-order chi connectivity index (χ1) is 9.69. The highest BCUT2D eigenvalue weighted by Crippen LogP contribution is 2.13. The molecule has 0 atom stereocenters. The van der Waals surface area contributed by atoms with Crippen LogP contribution in [0.15, 0.2) is 29.1 Å². The van der Waals surface area contributed by atoms with E-state index in [2.05, 4.69) is 17.3 Å². The number of carbonyl (C=O) groups is 1. The molecule has 0 aliphatic rings. The summed E-state index contributed by atoms with van der Waals surface area (Å²) in [5.74, 6) is -0.273. The predicted molar refractivity (Wildman–Crippen MR) is 78.9 cm³/mol. The van der Waals surface area contributed by atoms with Gasteiger partial charge in [-0.25, -0.2) is 4.68 Å². The van der Waals surface area contributed by atoms with Gasteiger partial charge in [0.25, 0.3) is 11.5 Å². The Morgan fingerprint density at radius 3 is 2.60 bits per heavy atom. The molecule has 2 rings (SSSR count). The molecular weight excluding hydrogens is 254 g/mol. The molecule has 0 saturated heterocycles. The zero-order chi connectivity index (χ0) is 14.5. The Balaban J connectivity index is 2.56. The number of nitrogens with one attached hydrogen (secondary N) is 1. The first-order valence-electron chi connectivity index (χ1n) is 6.91. The van der Waals surface area contributed by atoms with Gasteiger partial charge < -0.3 is 5.32 Å². The fourth-order valence-electron chi connectivity index (χ4n) is 2.18. The number of amides is 1. The zero-order valence-electron chi connectivity index (χ0n) is 11.8. The summed E-state index contributed by atoms with van der Waals surface area (Å²) in [7, 11) is 1.56. The third-order valence-corrected chi connectivity index (χ3v) is 3.28. The van der Waals surface area contributed by atoms with Crippen LogP contribution < -0.4 is 10.9 Å². The van der Waals surface area contributed by atoms with E-state index in [-0.39, 0.29) is 11.5 Å². The van der Waals surface area contributed by atoms with Gasteiger partial charge in [-0.2, -0.15) is 5.10 Å². The second-order valence-corrected chi connectivity index (χ2v) is 4.71. The van der Waals surface area contributed by atoms with Crippen LogP contribution in [0.2, 0.25) is 0 Å². The van der Waals surface area contributed by atoms with Gasteiger partial charge >= 0.3 is 0 Å². The first kappa shape index (κ1) is 14.2. The monoisotopic (exact) mass is 273 g/mol. The van der Waals surface area contributed by atoms with E-state index in [9.17, 15) is 9.59 Å². The van der Waals surface area contributed by atoms with Crippen molar-refractivity contribution in [3.63, 3.8) is 0 Å². The number of hydrogen-bond donors (Lipinski definition) is 1. The van der Waals surface area contributed by atoms with Crippen molar-refractivity contribution in [3.8, 4) is 0 Å². The van der Waals surface area contributed by atoms with Crippen molar-refractivity contribution in [1.29, 1.82) is 0 Å². The highest BCUT2D eigenvalue weighted by molar-refractivity contribution is 6.04. The maximum absolute atomic E-state index is 12.4. The smallest absolute Gasteiger partial charge is 0.274 e. The fraction of sp³-hybridized carbons (Fsp3) is 0.400. The molecule has 1 aromatic heterocycles. The van der Waals surface area contributed by atoms with Crippen LogP contribution in [0.3, 0.4) is 0 Å². The highest BCUT2D eigenvalue weighted by Gasteiger charge is 2.14. The minimum atomic E-state index is -0.273. The van der Waals surface area contributed by atoms with Crippen LogP contribution in [-0.2, 0) is 6.54 Å². The number of fused-ring (bicyclic) bond motifs is 1. The summed E-state index contributed by atoms with van der Waals surface area (Å²) >= 11 is 0. The molecule has 2 aromatic rings. The average molecular weight is 273 g/mol. The molecule has 20 heavy (non-hydrogen) atoms. The maximum atomic E-state index is 12.4. The van der Waals surface area contributed by atoms with E-state index in [4.69, 9.17) is 0 Å². The molecule has 5 nitrogen and oxygen atoms in total. The van der Waals surface area contributed by atoms with E-state index in [0.29, 0.717) is 23.0 Å². The van der Waals surface area contributed by atoms with E-state index in [1.165, 1.54) is 4.68 Å². The van der Waals surface area contributed by atoms with E-state index in [0.717, 1.165) is 19.3 Å². The van der Waals surface area contributed by atoms with Gasteiger partial charge in [0.05, 0.1) is 5.39 Å². The van der Waals surface area contributed by atoms with Gasteiger partial charge in [0, 0.05) is 19.0 Å². The quantitative estimate of drug-likeness (QED) is 0.847. The van der Waals surface area contributed by atoms with Crippen molar-refractivity contribution < 1.29 is 4.79 Å². The molecule has 0 aliphatic carbocycles. The van der Waals surface area contributed by atoms with Crippen molar-refractivity contribution >= 4 is 16.7 Å². The van der Waals surface area contributed by atoms with E-state index >= 15 is 0 Å². The van der Waals surface area contributed by atoms with Crippen LogP contribution >= 0.6 is 0 Å². The number of hydrogen-bond acceptors (Lipinski definition) is 3. The first-order valence-corrected chi connectivity index (χ1v) is 6.91. The van der Waals surface area contributed by atoms with Gasteiger partial charge in [-0.1, -0.05) is 38.0 Å². The molecule has 0 saturated carbocycles. The molecule has 0 bridgehead atoms. The third-order valence-electron chi connectivity index (χ3n) is 3.28. The Bertz CT molecular complexity index is 676. The minimum Gasteiger partial charge on any atom is -0.354 e. The predicted octanol–water partition coefficient (Wildman–Crippen LogP) is 1.95. The molecular formula is C15H19N3O2. The number of aryl methyl sites for hydroxylation is 1. The summed E-state index contributed by atoms with van der Waals surface area (Å²) in [6, 6.07) is 7.10. The molecule has 5 heteroatoms. The topological polar surface area (TPSA) is 64.0 Å². The largest absolute Gasteiger partial charge is 0.354 e. The van der Waals surface area contributed by atoms with Crippen LogP contribution in [-0.4, -0.2) is 22.7 Å². The molecule has 1 heterocycles. The van der Waals surface area contributed by atoms with Crippen molar-refractivity contribution in [1.82, 2.24) is 15.1 Å². The lowest BCUT2D eigenvalue weighted by molar-refractivity contribution is 0.0957. The van der Waals surface area contributed by atoms with Crippen molar-refractivity contribution in [3.05, 3.63) is 40.3 Å².